The zero-order valence-corrected chi connectivity index (χ0v) is 11.9. The monoisotopic (exact) mass is 245 g/mol. The summed E-state index contributed by atoms with van der Waals surface area (Å²) in [6.45, 7) is 7.04. The molecule has 0 unspecified atom stereocenters. The van der Waals surface area contributed by atoms with E-state index in [1.807, 2.05) is 0 Å². The van der Waals surface area contributed by atoms with Crippen molar-refractivity contribution in [1.29, 1.82) is 0 Å². The van der Waals surface area contributed by atoms with Gasteiger partial charge in [0.1, 0.15) is 0 Å². The highest BCUT2D eigenvalue weighted by Gasteiger charge is 2.17. The highest BCUT2D eigenvalue weighted by molar-refractivity contribution is 5.30. The first kappa shape index (κ1) is 13.6. The molecular formula is C17H27N. The molecule has 0 aromatic heterocycles. The molecule has 0 saturated carbocycles. The fourth-order valence-corrected chi connectivity index (χ4v) is 3.24. The van der Waals surface area contributed by atoms with Gasteiger partial charge >= 0.3 is 0 Å². The molecule has 1 N–H and O–H groups in total. The van der Waals surface area contributed by atoms with Crippen LogP contribution >= 0.6 is 0 Å². The Balaban J connectivity index is 2.10. The van der Waals surface area contributed by atoms with E-state index in [9.17, 15) is 0 Å². The summed E-state index contributed by atoms with van der Waals surface area (Å²) in [5, 5.41) is 3.46. The Labute approximate surface area is 112 Å². The van der Waals surface area contributed by atoms with Crippen molar-refractivity contribution < 1.29 is 0 Å². The van der Waals surface area contributed by atoms with E-state index < -0.39 is 0 Å². The highest BCUT2D eigenvalue weighted by atomic mass is 14.9. The molecule has 0 spiro atoms. The molecule has 1 aromatic carbocycles. The molecule has 0 radical (unpaired) electrons. The number of hydrogen-bond acceptors (Lipinski definition) is 1. The molecule has 1 aliphatic rings. The summed E-state index contributed by atoms with van der Waals surface area (Å²) in [4.78, 5) is 0. The van der Waals surface area contributed by atoms with Crippen molar-refractivity contribution in [3.63, 3.8) is 0 Å². The number of rotatable bonds is 5. The van der Waals surface area contributed by atoms with E-state index in [4.69, 9.17) is 0 Å². The van der Waals surface area contributed by atoms with Crippen LogP contribution in [0, 0.1) is 5.92 Å². The number of benzene rings is 1. The third-order valence-corrected chi connectivity index (χ3v) is 4.45. The Morgan fingerprint density at radius 3 is 2.44 bits per heavy atom. The van der Waals surface area contributed by atoms with Crippen LogP contribution < -0.4 is 5.32 Å². The largest absolute Gasteiger partial charge is 0.317 e. The van der Waals surface area contributed by atoms with Crippen molar-refractivity contribution in [2.75, 3.05) is 13.1 Å². The summed E-state index contributed by atoms with van der Waals surface area (Å²) >= 11 is 0. The van der Waals surface area contributed by atoms with Crippen LogP contribution in [-0.2, 0) is 6.42 Å². The molecule has 0 amide bonds. The average Bonchev–Trinajstić information content (AvgIpc) is 2.43. The smallest absolute Gasteiger partial charge is 0.00462 e. The second kappa shape index (κ2) is 6.94. The maximum Gasteiger partial charge on any atom is -0.00462 e. The molecule has 1 saturated heterocycles. The van der Waals surface area contributed by atoms with E-state index in [2.05, 4.69) is 43.4 Å². The summed E-state index contributed by atoms with van der Waals surface area (Å²) in [5.74, 6) is 1.64. The predicted molar refractivity (Wildman–Crippen MR) is 79.1 cm³/mol. The molecule has 0 bridgehead atoms. The zero-order valence-electron chi connectivity index (χ0n) is 11.9. The molecule has 1 heteroatoms. The van der Waals surface area contributed by atoms with Gasteiger partial charge in [-0.15, -0.1) is 0 Å². The Morgan fingerprint density at radius 1 is 1.11 bits per heavy atom. The molecule has 1 aliphatic heterocycles. The van der Waals surface area contributed by atoms with Crippen LogP contribution in [0.3, 0.4) is 0 Å². The molecule has 1 fully saturated rings. The number of hydrogen-bond donors (Lipinski definition) is 1. The van der Waals surface area contributed by atoms with Gasteiger partial charge in [0.05, 0.1) is 0 Å². The van der Waals surface area contributed by atoms with Gasteiger partial charge in [0, 0.05) is 0 Å². The molecule has 100 valence electrons. The van der Waals surface area contributed by atoms with Gasteiger partial charge in [0.2, 0.25) is 0 Å². The van der Waals surface area contributed by atoms with Gasteiger partial charge in [0.25, 0.3) is 0 Å². The zero-order chi connectivity index (χ0) is 12.8. The molecule has 1 nitrogen and oxygen atoms in total. The van der Waals surface area contributed by atoms with Crippen molar-refractivity contribution in [2.24, 2.45) is 5.92 Å². The summed E-state index contributed by atoms with van der Waals surface area (Å²) < 4.78 is 0. The molecule has 18 heavy (non-hydrogen) atoms. The van der Waals surface area contributed by atoms with Crippen LogP contribution in [-0.4, -0.2) is 13.1 Å². The average molecular weight is 245 g/mol. The third kappa shape index (κ3) is 3.35. The fraction of sp³-hybridized carbons (Fsp3) is 0.647. The van der Waals surface area contributed by atoms with Crippen LogP contribution in [0.25, 0.3) is 0 Å². The van der Waals surface area contributed by atoms with Crippen LogP contribution in [0.15, 0.2) is 24.3 Å². The minimum absolute atomic E-state index is 0.753. The standard InChI is InChI=1S/C17H27N/c1-3-15(4-2)17-8-6-5-7-16(17)13-14-9-11-18-12-10-14/h5-8,14-15,18H,3-4,9-13H2,1-2H3. The van der Waals surface area contributed by atoms with Crippen LogP contribution in [0.2, 0.25) is 0 Å². The van der Waals surface area contributed by atoms with E-state index >= 15 is 0 Å². The Kier molecular flexibility index (Phi) is 5.25. The number of nitrogens with one attached hydrogen (secondary N) is 1. The van der Waals surface area contributed by atoms with Crippen molar-refractivity contribution in [1.82, 2.24) is 5.32 Å². The molecule has 0 atom stereocenters. The van der Waals surface area contributed by atoms with E-state index in [0.29, 0.717) is 0 Å². The lowest BCUT2D eigenvalue weighted by Gasteiger charge is -2.25. The molecular weight excluding hydrogens is 218 g/mol. The lowest BCUT2D eigenvalue weighted by Crippen LogP contribution is -2.28. The second-order valence-corrected chi connectivity index (χ2v) is 5.61. The van der Waals surface area contributed by atoms with Crippen LogP contribution in [0.1, 0.15) is 56.6 Å². The SMILES string of the molecule is CCC(CC)c1ccccc1CC1CCNCC1. The lowest BCUT2D eigenvalue weighted by molar-refractivity contribution is 0.371. The van der Waals surface area contributed by atoms with Gasteiger partial charge in [-0.1, -0.05) is 38.1 Å². The topological polar surface area (TPSA) is 12.0 Å². The lowest BCUT2D eigenvalue weighted by atomic mass is 9.84. The summed E-state index contributed by atoms with van der Waals surface area (Å²) in [7, 11) is 0. The maximum absolute atomic E-state index is 3.46. The summed E-state index contributed by atoms with van der Waals surface area (Å²) in [5.41, 5.74) is 3.22. The van der Waals surface area contributed by atoms with E-state index in [1.165, 1.54) is 45.2 Å². The van der Waals surface area contributed by atoms with Crippen molar-refractivity contribution >= 4 is 0 Å². The van der Waals surface area contributed by atoms with Crippen LogP contribution in [0.5, 0.6) is 0 Å². The fourth-order valence-electron chi connectivity index (χ4n) is 3.24. The molecule has 1 heterocycles. The van der Waals surface area contributed by atoms with Crippen molar-refractivity contribution in [3.05, 3.63) is 35.4 Å². The first-order chi connectivity index (χ1) is 8.85. The van der Waals surface area contributed by atoms with Crippen molar-refractivity contribution in [3.8, 4) is 0 Å². The second-order valence-electron chi connectivity index (χ2n) is 5.61. The highest BCUT2D eigenvalue weighted by Crippen LogP contribution is 2.29. The quantitative estimate of drug-likeness (QED) is 0.822. The first-order valence-electron chi connectivity index (χ1n) is 7.63. The van der Waals surface area contributed by atoms with Crippen LogP contribution in [0.4, 0.5) is 0 Å². The van der Waals surface area contributed by atoms with E-state index in [1.54, 1.807) is 11.1 Å². The minimum Gasteiger partial charge on any atom is -0.317 e. The van der Waals surface area contributed by atoms with E-state index in [0.717, 1.165) is 11.8 Å². The maximum atomic E-state index is 3.46. The molecule has 1 aromatic rings. The van der Waals surface area contributed by atoms with Gasteiger partial charge < -0.3 is 5.32 Å². The van der Waals surface area contributed by atoms with Gasteiger partial charge in [-0.3, -0.25) is 0 Å². The molecule has 2 rings (SSSR count). The Bertz CT molecular complexity index is 348. The normalized spacial score (nSPS) is 17.3. The third-order valence-electron chi connectivity index (χ3n) is 4.45. The number of piperidine rings is 1. The van der Waals surface area contributed by atoms with E-state index in [-0.39, 0.29) is 0 Å². The first-order valence-corrected chi connectivity index (χ1v) is 7.63. The van der Waals surface area contributed by atoms with Gasteiger partial charge in [-0.25, -0.2) is 0 Å². The Morgan fingerprint density at radius 2 is 1.78 bits per heavy atom. The minimum atomic E-state index is 0.753. The molecule has 0 aliphatic carbocycles. The van der Waals surface area contributed by atoms with Gasteiger partial charge in [0.15, 0.2) is 0 Å². The summed E-state index contributed by atoms with van der Waals surface area (Å²) in [6.07, 6.45) is 6.50. The van der Waals surface area contributed by atoms with Gasteiger partial charge in [-0.2, -0.15) is 0 Å². The van der Waals surface area contributed by atoms with Gasteiger partial charge in [-0.05, 0) is 68.2 Å². The van der Waals surface area contributed by atoms with Crippen molar-refractivity contribution in [2.45, 2.75) is 51.9 Å². The predicted octanol–water partition coefficient (Wildman–Crippen LogP) is 4.13. The summed E-state index contributed by atoms with van der Waals surface area (Å²) in [6, 6.07) is 9.13. The Hall–Kier alpha value is -0.820.